The summed E-state index contributed by atoms with van der Waals surface area (Å²) < 4.78 is 0. The predicted octanol–water partition coefficient (Wildman–Crippen LogP) is 4.89. The summed E-state index contributed by atoms with van der Waals surface area (Å²) in [6.45, 7) is 4.30. The molecule has 0 radical (unpaired) electrons. The molecule has 0 spiro atoms. The summed E-state index contributed by atoms with van der Waals surface area (Å²) in [6.07, 6.45) is 0.638. The van der Waals surface area contributed by atoms with Crippen LogP contribution < -0.4 is 5.32 Å². The molecule has 3 aromatic carbocycles. The molecule has 0 aliphatic heterocycles. The molecule has 0 bridgehead atoms. The molecule has 3 rings (SSSR count). The van der Waals surface area contributed by atoms with Crippen molar-refractivity contribution in [3.8, 4) is 0 Å². The fourth-order valence-corrected chi connectivity index (χ4v) is 4.17. The highest BCUT2D eigenvalue weighted by molar-refractivity contribution is 6.31. The van der Waals surface area contributed by atoms with E-state index < -0.39 is 6.04 Å². The number of carbonyl (C=O) groups excluding carboxylic acids is 2. The van der Waals surface area contributed by atoms with E-state index in [-0.39, 0.29) is 24.8 Å². The molecular formula is C27H29ClN2O2. The SMILES string of the molecule is CNC(=O)C(Cc1ccccc1)N(Cc1ccccc1Cl)C(=O)Cc1cc(C)cc(C)c1. The Labute approximate surface area is 195 Å². The number of hydrogen-bond donors (Lipinski definition) is 1. The molecule has 1 unspecified atom stereocenters. The zero-order valence-corrected chi connectivity index (χ0v) is 19.5. The van der Waals surface area contributed by atoms with Crippen LogP contribution >= 0.6 is 11.6 Å². The molecular weight excluding hydrogens is 420 g/mol. The van der Waals surface area contributed by atoms with Gasteiger partial charge in [0.2, 0.25) is 11.8 Å². The zero-order chi connectivity index (χ0) is 23.1. The predicted molar refractivity (Wildman–Crippen MR) is 130 cm³/mol. The van der Waals surface area contributed by atoms with Crippen LogP contribution in [0.4, 0.5) is 0 Å². The van der Waals surface area contributed by atoms with Gasteiger partial charge in [-0.2, -0.15) is 0 Å². The summed E-state index contributed by atoms with van der Waals surface area (Å²) in [4.78, 5) is 28.2. The van der Waals surface area contributed by atoms with Crippen molar-refractivity contribution >= 4 is 23.4 Å². The van der Waals surface area contributed by atoms with Crippen molar-refractivity contribution in [2.24, 2.45) is 0 Å². The zero-order valence-electron chi connectivity index (χ0n) is 18.8. The molecule has 32 heavy (non-hydrogen) atoms. The van der Waals surface area contributed by atoms with Crippen LogP contribution in [0.3, 0.4) is 0 Å². The van der Waals surface area contributed by atoms with Gasteiger partial charge in [0.1, 0.15) is 6.04 Å². The molecule has 0 aliphatic rings. The van der Waals surface area contributed by atoms with Gasteiger partial charge in [0, 0.05) is 25.0 Å². The Morgan fingerprint density at radius 1 is 0.906 bits per heavy atom. The maximum atomic E-state index is 13.6. The van der Waals surface area contributed by atoms with E-state index >= 15 is 0 Å². The van der Waals surface area contributed by atoms with E-state index in [0.717, 1.165) is 27.8 Å². The van der Waals surface area contributed by atoms with Gasteiger partial charge in [0.25, 0.3) is 0 Å². The number of rotatable bonds is 8. The van der Waals surface area contributed by atoms with Gasteiger partial charge >= 0.3 is 0 Å². The molecule has 3 aromatic rings. The fraction of sp³-hybridized carbons (Fsp3) is 0.259. The first-order valence-corrected chi connectivity index (χ1v) is 11.1. The van der Waals surface area contributed by atoms with Crippen molar-refractivity contribution in [2.45, 2.75) is 39.3 Å². The second-order valence-corrected chi connectivity index (χ2v) is 8.51. The highest BCUT2D eigenvalue weighted by Crippen LogP contribution is 2.21. The first-order chi connectivity index (χ1) is 15.4. The van der Waals surface area contributed by atoms with E-state index in [1.807, 2.05) is 74.5 Å². The van der Waals surface area contributed by atoms with E-state index in [9.17, 15) is 9.59 Å². The maximum Gasteiger partial charge on any atom is 0.242 e. The standard InChI is InChI=1S/C27H29ClN2O2/c1-19-13-20(2)15-22(14-19)17-26(31)30(18-23-11-7-8-12-24(23)28)25(27(32)29-3)16-21-9-5-4-6-10-21/h4-15,25H,16-18H2,1-3H3,(H,29,32). The molecule has 4 nitrogen and oxygen atoms in total. The van der Waals surface area contributed by atoms with Gasteiger partial charge in [0.05, 0.1) is 6.42 Å². The molecule has 1 atom stereocenters. The Morgan fingerprint density at radius 2 is 1.53 bits per heavy atom. The third-order valence-electron chi connectivity index (χ3n) is 5.45. The number of carbonyl (C=O) groups is 2. The summed E-state index contributed by atoms with van der Waals surface area (Å²) >= 11 is 6.41. The van der Waals surface area contributed by atoms with Crippen molar-refractivity contribution in [1.29, 1.82) is 0 Å². The number of benzene rings is 3. The summed E-state index contributed by atoms with van der Waals surface area (Å²) in [5, 5.41) is 3.31. The Hall–Kier alpha value is -3.11. The topological polar surface area (TPSA) is 49.4 Å². The van der Waals surface area contributed by atoms with E-state index in [2.05, 4.69) is 11.4 Å². The summed E-state index contributed by atoms with van der Waals surface area (Å²) in [5.74, 6) is -0.311. The average Bonchev–Trinajstić information content (AvgIpc) is 2.76. The lowest BCUT2D eigenvalue weighted by Crippen LogP contribution is -2.50. The summed E-state index contributed by atoms with van der Waals surface area (Å²) in [5.41, 5.74) is 4.96. The van der Waals surface area contributed by atoms with Gasteiger partial charge in [-0.05, 0) is 36.6 Å². The van der Waals surface area contributed by atoms with Gasteiger partial charge in [-0.25, -0.2) is 0 Å². The molecule has 1 N–H and O–H groups in total. The summed E-state index contributed by atoms with van der Waals surface area (Å²) in [7, 11) is 1.60. The first kappa shape index (κ1) is 23.6. The average molecular weight is 449 g/mol. The number of halogens is 1. The van der Waals surface area contributed by atoms with Crippen molar-refractivity contribution in [1.82, 2.24) is 10.2 Å². The van der Waals surface area contributed by atoms with Crippen molar-refractivity contribution in [2.75, 3.05) is 7.05 Å². The van der Waals surface area contributed by atoms with Crippen LogP contribution in [-0.2, 0) is 29.0 Å². The smallest absolute Gasteiger partial charge is 0.242 e. The van der Waals surface area contributed by atoms with Crippen LogP contribution in [0.5, 0.6) is 0 Å². The highest BCUT2D eigenvalue weighted by atomic mass is 35.5. The van der Waals surface area contributed by atoms with Crippen LogP contribution in [0, 0.1) is 13.8 Å². The molecule has 2 amide bonds. The third kappa shape index (κ3) is 6.21. The molecule has 0 aromatic heterocycles. The molecule has 166 valence electrons. The highest BCUT2D eigenvalue weighted by Gasteiger charge is 2.30. The molecule has 0 aliphatic carbocycles. The second kappa shape index (κ2) is 11.0. The lowest BCUT2D eigenvalue weighted by molar-refractivity contribution is -0.140. The lowest BCUT2D eigenvalue weighted by Gasteiger charge is -2.31. The molecule has 0 fully saturated rings. The quantitative estimate of drug-likeness (QED) is 0.533. The first-order valence-electron chi connectivity index (χ1n) is 10.7. The molecule has 0 saturated carbocycles. The number of aryl methyl sites for hydroxylation is 2. The third-order valence-corrected chi connectivity index (χ3v) is 5.82. The van der Waals surface area contributed by atoms with E-state index in [0.29, 0.717) is 11.4 Å². The number of likely N-dealkylation sites (N-methyl/N-ethyl adjacent to an activating group) is 1. The minimum Gasteiger partial charge on any atom is -0.357 e. The van der Waals surface area contributed by atoms with Crippen molar-refractivity contribution in [3.63, 3.8) is 0 Å². The minimum atomic E-state index is -0.655. The Balaban J connectivity index is 1.97. The normalized spacial score (nSPS) is 11.6. The van der Waals surface area contributed by atoms with Gasteiger partial charge < -0.3 is 10.2 Å². The van der Waals surface area contributed by atoms with Gasteiger partial charge in [-0.1, -0.05) is 89.5 Å². The van der Waals surface area contributed by atoms with Crippen LogP contribution in [0.15, 0.2) is 72.8 Å². The monoisotopic (exact) mass is 448 g/mol. The minimum absolute atomic E-state index is 0.112. The Kier molecular flexibility index (Phi) is 8.07. The van der Waals surface area contributed by atoms with E-state index in [1.54, 1.807) is 18.0 Å². The van der Waals surface area contributed by atoms with E-state index in [1.165, 1.54) is 0 Å². The van der Waals surface area contributed by atoms with Crippen LogP contribution in [-0.4, -0.2) is 29.8 Å². The van der Waals surface area contributed by atoms with Crippen LogP contribution in [0.2, 0.25) is 5.02 Å². The molecule has 5 heteroatoms. The lowest BCUT2D eigenvalue weighted by atomic mass is 10.0. The number of nitrogens with zero attached hydrogens (tertiary/aromatic N) is 1. The van der Waals surface area contributed by atoms with Gasteiger partial charge in [-0.3, -0.25) is 9.59 Å². The largest absolute Gasteiger partial charge is 0.357 e. The summed E-state index contributed by atoms with van der Waals surface area (Å²) in [6, 6.07) is 22.6. The Morgan fingerprint density at radius 3 is 2.16 bits per heavy atom. The van der Waals surface area contributed by atoms with Crippen LogP contribution in [0.25, 0.3) is 0 Å². The Bertz CT molecular complexity index is 1060. The van der Waals surface area contributed by atoms with Crippen molar-refractivity contribution < 1.29 is 9.59 Å². The van der Waals surface area contributed by atoms with Gasteiger partial charge in [0.15, 0.2) is 0 Å². The number of nitrogens with one attached hydrogen (secondary N) is 1. The molecule has 0 heterocycles. The maximum absolute atomic E-state index is 13.6. The number of hydrogen-bond acceptors (Lipinski definition) is 2. The second-order valence-electron chi connectivity index (χ2n) is 8.11. The van der Waals surface area contributed by atoms with E-state index in [4.69, 9.17) is 11.6 Å². The number of amides is 2. The van der Waals surface area contributed by atoms with Crippen LogP contribution in [0.1, 0.15) is 27.8 Å². The van der Waals surface area contributed by atoms with Crippen molar-refractivity contribution in [3.05, 3.63) is 106 Å². The van der Waals surface area contributed by atoms with Gasteiger partial charge in [-0.15, -0.1) is 0 Å². The molecule has 0 saturated heterocycles. The fourth-order valence-electron chi connectivity index (χ4n) is 3.98.